The largest absolute Gasteiger partial charge is 0.383 e. The van der Waals surface area contributed by atoms with Crippen molar-refractivity contribution in [2.75, 3.05) is 50.5 Å². The van der Waals surface area contributed by atoms with Crippen LogP contribution in [-0.4, -0.2) is 70.9 Å². The highest BCUT2D eigenvalue weighted by atomic mass is 35.5. The van der Waals surface area contributed by atoms with E-state index in [0.29, 0.717) is 50.0 Å². The first kappa shape index (κ1) is 23.3. The molecule has 1 aromatic heterocycles. The minimum absolute atomic E-state index is 0.0206. The van der Waals surface area contributed by atoms with E-state index in [1.54, 1.807) is 24.1 Å². The smallest absolute Gasteiger partial charge is 0.294 e. The first-order valence-corrected chi connectivity index (χ1v) is 11.9. The van der Waals surface area contributed by atoms with Gasteiger partial charge in [0.1, 0.15) is 5.69 Å². The Bertz CT molecular complexity index is 1160. The molecule has 0 aliphatic carbocycles. The maximum absolute atomic E-state index is 12.9. The number of para-hydroxylation sites is 2. The molecule has 1 amide bonds. The Kier molecular flexibility index (Phi) is 7.36. The monoisotopic (exact) mass is 489 g/mol. The molecule has 33 heavy (non-hydrogen) atoms. The quantitative estimate of drug-likeness (QED) is 0.270. The van der Waals surface area contributed by atoms with E-state index in [1.165, 1.54) is 17.8 Å². The molecular formula is C22H24ClN5O4S. The standard InChI is InChI=1S/C22H24ClN5O4S/c1-32-13-12-27-18-5-3-2-4-17(18)24-22(27)33-15-21(29)26-10-8-25(9-11-26)19-7-6-16(23)14-20(19)28(30)31/h2-7,14H,8-13,15H2,1H3. The molecule has 0 radical (unpaired) electrons. The van der Waals surface area contributed by atoms with E-state index in [-0.39, 0.29) is 17.3 Å². The van der Waals surface area contributed by atoms with Crippen molar-refractivity contribution in [2.45, 2.75) is 11.7 Å². The molecule has 2 heterocycles. The van der Waals surface area contributed by atoms with Gasteiger partial charge in [0.25, 0.3) is 5.69 Å². The van der Waals surface area contributed by atoms with E-state index in [4.69, 9.17) is 16.3 Å². The lowest BCUT2D eigenvalue weighted by Gasteiger charge is -2.35. The Morgan fingerprint density at radius 3 is 2.70 bits per heavy atom. The lowest BCUT2D eigenvalue weighted by atomic mass is 10.2. The van der Waals surface area contributed by atoms with Crippen molar-refractivity contribution in [3.05, 3.63) is 57.6 Å². The molecule has 1 aliphatic rings. The Morgan fingerprint density at radius 2 is 1.97 bits per heavy atom. The fraction of sp³-hybridized carbons (Fsp3) is 0.364. The van der Waals surface area contributed by atoms with Gasteiger partial charge < -0.3 is 19.1 Å². The van der Waals surface area contributed by atoms with Crippen LogP contribution in [0.15, 0.2) is 47.6 Å². The summed E-state index contributed by atoms with van der Waals surface area (Å²) in [5.74, 6) is 0.299. The van der Waals surface area contributed by atoms with E-state index in [2.05, 4.69) is 9.55 Å². The van der Waals surface area contributed by atoms with Crippen LogP contribution in [-0.2, 0) is 16.1 Å². The number of fused-ring (bicyclic) bond motifs is 1. The maximum atomic E-state index is 12.9. The number of imidazole rings is 1. The van der Waals surface area contributed by atoms with Crippen LogP contribution in [0.5, 0.6) is 0 Å². The van der Waals surface area contributed by atoms with Crippen LogP contribution < -0.4 is 4.90 Å². The summed E-state index contributed by atoms with van der Waals surface area (Å²) in [5, 5.41) is 12.5. The van der Waals surface area contributed by atoms with Gasteiger partial charge in [0, 0.05) is 50.9 Å². The van der Waals surface area contributed by atoms with Crippen molar-refractivity contribution in [3.8, 4) is 0 Å². The minimum atomic E-state index is -0.426. The summed E-state index contributed by atoms with van der Waals surface area (Å²) in [6, 6.07) is 12.6. The van der Waals surface area contributed by atoms with Gasteiger partial charge in [-0.3, -0.25) is 14.9 Å². The van der Waals surface area contributed by atoms with Gasteiger partial charge in [-0.05, 0) is 24.3 Å². The molecule has 0 N–H and O–H groups in total. The summed E-state index contributed by atoms with van der Waals surface area (Å²) in [6.45, 7) is 3.25. The lowest BCUT2D eigenvalue weighted by Crippen LogP contribution is -2.49. The molecular weight excluding hydrogens is 466 g/mol. The number of carbonyl (C=O) groups excluding carboxylic acids is 1. The van der Waals surface area contributed by atoms with Gasteiger partial charge >= 0.3 is 0 Å². The molecule has 1 aliphatic heterocycles. The summed E-state index contributed by atoms with van der Waals surface area (Å²) in [4.78, 5) is 32.3. The summed E-state index contributed by atoms with van der Waals surface area (Å²) < 4.78 is 7.31. The molecule has 11 heteroatoms. The number of aromatic nitrogens is 2. The minimum Gasteiger partial charge on any atom is -0.383 e. The topological polar surface area (TPSA) is 93.7 Å². The zero-order chi connectivity index (χ0) is 23.4. The van der Waals surface area contributed by atoms with E-state index in [9.17, 15) is 14.9 Å². The Balaban J connectivity index is 1.38. The predicted octanol–water partition coefficient (Wildman–Crippen LogP) is 3.69. The number of carbonyl (C=O) groups is 1. The number of thioether (sulfide) groups is 1. The van der Waals surface area contributed by atoms with E-state index < -0.39 is 4.92 Å². The van der Waals surface area contributed by atoms with Crippen LogP contribution >= 0.6 is 23.4 Å². The zero-order valence-electron chi connectivity index (χ0n) is 18.1. The first-order valence-electron chi connectivity index (χ1n) is 10.5. The highest BCUT2D eigenvalue weighted by Gasteiger charge is 2.26. The number of nitrogens with zero attached hydrogens (tertiary/aromatic N) is 5. The van der Waals surface area contributed by atoms with Crippen LogP contribution in [0, 0.1) is 10.1 Å². The highest BCUT2D eigenvalue weighted by molar-refractivity contribution is 7.99. The van der Waals surface area contributed by atoms with Crippen molar-refractivity contribution < 1.29 is 14.5 Å². The molecule has 3 aromatic rings. The number of piperazine rings is 1. The fourth-order valence-corrected chi connectivity index (χ4v) is 5.00. The third-order valence-electron chi connectivity index (χ3n) is 5.57. The second-order valence-corrected chi connectivity index (χ2v) is 8.95. The van der Waals surface area contributed by atoms with Crippen LogP contribution in [0.2, 0.25) is 5.02 Å². The molecule has 0 unspecified atom stereocenters. The Hall–Kier alpha value is -2.82. The molecule has 1 fully saturated rings. The second kappa shape index (κ2) is 10.4. The number of methoxy groups -OCH3 is 1. The van der Waals surface area contributed by atoms with Gasteiger partial charge in [-0.15, -0.1) is 0 Å². The lowest BCUT2D eigenvalue weighted by molar-refractivity contribution is -0.384. The van der Waals surface area contributed by atoms with Gasteiger partial charge in [0.05, 0.1) is 28.3 Å². The fourth-order valence-electron chi connectivity index (χ4n) is 3.89. The van der Waals surface area contributed by atoms with E-state index >= 15 is 0 Å². The number of hydrogen-bond acceptors (Lipinski definition) is 7. The number of rotatable bonds is 8. The summed E-state index contributed by atoms with van der Waals surface area (Å²) in [6.07, 6.45) is 0. The number of anilines is 1. The third-order valence-corrected chi connectivity index (χ3v) is 6.77. The molecule has 0 spiro atoms. The van der Waals surface area contributed by atoms with Crippen LogP contribution in [0.25, 0.3) is 11.0 Å². The molecule has 0 atom stereocenters. The van der Waals surface area contributed by atoms with Gasteiger partial charge in [-0.1, -0.05) is 35.5 Å². The summed E-state index contributed by atoms with van der Waals surface area (Å²) in [5.41, 5.74) is 2.41. The van der Waals surface area contributed by atoms with Gasteiger partial charge in [0.2, 0.25) is 5.91 Å². The van der Waals surface area contributed by atoms with Gasteiger partial charge in [-0.25, -0.2) is 4.98 Å². The van der Waals surface area contributed by atoms with Crippen LogP contribution in [0.4, 0.5) is 11.4 Å². The SMILES string of the molecule is COCCn1c(SCC(=O)N2CCN(c3ccc(Cl)cc3[N+](=O)[O-])CC2)nc2ccccc21. The van der Waals surface area contributed by atoms with Crippen molar-refractivity contribution in [2.24, 2.45) is 0 Å². The number of ether oxygens (including phenoxy) is 1. The number of nitro groups is 1. The van der Waals surface area contributed by atoms with Gasteiger partial charge in [0.15, 0.2) is 5.16 Å². The van der Waals surface area contributed by atoms with E-state index in [0.717, 1.165) is 16.2 Å². The molecule has 0 bridgehead atoms. The molecule has 9 nitrogen and oxygen atoms in total. The third kappa shape index (κ3) is 5.23. The number of hydrogen-bond donors (Lipinski definition) is 0. The highest BCUT2D eigenvalue weighted by Crippen LogP contribution is 2.32. The number of nitro benzene ring substituents is 1. The molecule has 2 aromatic carbocycles. The Labute approximate surface area is 200 Å². The van der Waals surface area contributed by atoms with Crippen molar-refractivity contribution >= 4 is 51.7 Å². The first-order chi connectivity index (χ1) is 16.0. The van der Waals surface area contributed by atoms with Crippen LogP contribution in [0.3, 0.4) is 0 Å². The maximum Gasteiger partial charge on any atom is 0.294 e. The van der Waals surface area contributed by atoms with E-state index in [1.807, 2.05) is 29.2 Å². The molecule has 0 saturated carbocycles. The van der Waals surface area contributed by atoms with Crippen LogP contribution in [0.1, 0.15) is 0 Å². The summed E-state index contributed by atoms with van der Waals surface area (Å²) >= 11 is 7.34. The molecule has 4 rings (SSSR count). The normalized spacial score (nSPS) is 14.1. The predicted molar refractivity (Wildman–Crippen MR) is 129 cm³/mol. The van der Waals surface area contributed by atoms with Crippen molar-refractivity contribution in [1.29, 1.82) is 0 Å². The second-order valence-electron chi connectivity index (χ2n) is 7.57. The molecule has 174 valence electrons. The Morgan fingerprint density at radius 1 is 1.21 bits per heavy atom. The average Bonchev–Trinajstić information content (AvgIpc) is 3.18. The van der Waals surface area contributed by atoms with Gasteiger partial charge in [-0.2, -0.15) is 0 Å². The number of halogens is 1. The number of amides is 1. The zero-order valence-corrected chi connectivity index (χ0v) is 19.7. The number of benzene rings is 2. The van der Waals surface area contributed by atoms with Crippen molar-refractivity contribution in [3.63, 3.8) is 0 Å². The van der Waals surface area contributed by atoms with Crippen molar-refractivity contribution in [1.82, 2.24) is 14.5 Å². The summed E-state index contributed by atoms with van der Waals surface area (Å²) in [7, 11) is 1.66. The molecule has 1 saturated heterocycles. The average molecular weight is 490 g/mol.